The quantitative estimate of drug-likeness (QED) is 0.752. The summed E-state index contributed by atoms with van der Waals surface area (Å²) in [6, 6.07) is 0.150. The van der Waals surface area contributed by atoms with E-state index in [4.69, 9.17) is 9.15 Å². The van der Waals surface area contributed by atoms with E-state index in [9.17, 15) is 4.79 Å². The van der Waals surface area contributed by atoms with Crippen molar-refractivity contribution < 1.29 is 13.9 Å². The number of hydrogen-bond donors (Lipinski definition) is 1. The molecule has 0 aliphatic rings. The van der Waals surface area contributed by atoms with Crippen LogP contribution in [0.15, 0.2) is 10.6 Å². The van der Waals surface area contributed by atoms with Crippen LogP contribution in [0.2, 0.25) is 0 Å². The van der Waals surface area contributed by atoms with Crippen LogP contribution in [-0.2, 0) is 4.74 Å². The Morgan fingerprint density at radius 2 is 2.21 bits per heavy atom. The minimum Gasteiger partial charge on any atom is -0.443 e. The highest BCUT2D eigenvalue weighted by Gasteiger charge is 2.17. The lowest BCUT2D eigenvalue weighted by Gasteiger charge is -2.18. The second-order valence-corrected chi connectivity index (χ2v) is 3.90. The van der Waals surface area contributed by atoms with Crippen molar-refractivity contribution in [3.05, 3.63) is 12.0 Å². The van der Waals surface area contributed by atoms with Crippen molar-refractivity contribution in [1.82, 2.24) is 4.98 Å². The molecule has 0 bridgehead atoms. The molecule has 5 nitrogen and oxygen atoms in total. The average molecular weight is 198 g/mol. The lowest BCUT2D eigenvalue weighted by atomic mass is 10.2. The monoisotopic (exact) mass is 198 g/mol. The van der Waals surface area contributed by atoms with Gasteiger partial charge in [0, 0.05) is 0 Å². The van der Waals surface area contributed by atoms with Crippen molar-refractivity contribution in [2.24, 2.45) is 0 Å². The van der Waals surface area contributed by atoms with Crippen LogP contribution in [0.4, 0.5) is 10.8 Å². The molecule has 1 rings (SSSR count). The second-order valence-electron chi connectivity index (χ2n) is 3.90. The molecule has 0 unspecified atom stereocenters. The summed E-state index contributed by atoms with van der Waals surface area (Å²) in [4.78, 5) is 15.0. The number of hydrogen-bond acceptors (Lipinski definition) is 4. The Bertz CT molecular complexity index is 325. The first-order chi connectivity index (χ1) is 6.37. The molecule has 1 amide bonds. The Balaban J connectivity index is 2.50. The van der Waals surface area contributed by atoms with E-state index in [0.29, 0.717) is 5.76 Å². The van der Waals surface area contributed by atoms with Gasteiger partial charge >= 0.3 is 12.1 Å². The SMILES string of the molecule is Cc1cnc(NC(=O)OC(C)(C)C)o1. The van der Waals surface area contributed by atoms with Crippen LogP contribution in [0.1, 0.15) is 26.5 Å². The number of anilines is 1. The predicted octanol–water partition coefficient (Wildman–Crippen LogP) is 2.33. The molecule has 0 aliphatic carbocycles. The molecule has 5 heteroatoms. The zero-order valence-electron chi connectivity index (χ0n) is 8.75. The van der Waals surface area contributed by atoms with E-state index in [2.05, 4.69) is 10.3 Å². The summed E-state index contributed by atoms with van der Waals surface area (Å²) >= 11 is 0. The van der Waals surface area contributed by atoms with E-state index in [1.54, 1.807) is 27.7 Å². The molecule has 0 atom stereocenters. The molecule has 0 saturated heterocycles. The first kappa shape index (κ1) is 10.6. The van der Waals surface area contributed by atoms with Gasteiger partial charge in [0.15, 0.2) is 0 Å². The highest BCUT2D eigenvalue weighted by Crippen LogP contribution is 2.11. The van der Waals surface area contributed by atoms with Gasteiger partial charge < -0.3 is 9.15 Å². The summed E-state index contributed by atoms with van der Waals surface area (Å²) < 4.78 is 10.0. The smallest absolute Gasteiger partial charge is 0.415 e. The summed E-state index contributed by atoms with van der Waals surface area (Å²) in [5.41, 5.74) is -0.522. The first-order valence-electron chi connectivity index (χ1n) is 4.29. The largest absolute Gasteiger partial charge is 0.443 e. The number of nitrogens with one attached hydrogen (secondary N) is 1. The lowest BCUT2D eigenvalue weighted by Crippen LogP contribution is -2.27. The molecular weight excluding hydrogens is 184 g/mol. The fourth-order valence-corrected chi connectivity index (χ4v) is 0.803. The molecule has 0 radical (unpaired) electrons. The van der Waals surface area contributed by atoms with Crippen LogP contribution in [0.3, 0.4) is 0 Å². The molecule has 1 aromatic rings. The van der Waals surface area contributed by atoms with Gasteiger partial charge in [-0.2, -0.15) is 0 Å². The zero-order valence-corrected chi connectivity index (χ0v) is 8.75. The van der Waals surface area contributed by atoms with Crippen molar-refractivity contribution >= 4 is 12.1 Å². The third-order valence-corrected chi connectivity index (χ3v) is 1.23. The summed E-state index contributed by atoms with van der Waals surface area (Å²) in [5, 5.41) is 2.38. The number of aromatic nitrogens is 1. The van der Waals surface area contributed by atoms with Crippen LogP contribution in [0, 0.1) is 6.92 Å². The third kappa shape index (κ3) is 3.47. The number of amides is 1. The van der Waals surface area contributed by atoms with Gasteiger partial charge in [0.1, 0.15) is 11.4 Å². The Hall–Kier alpha value is -1.52. The van der Waals surface area contributed by atoms with Crippen LogP contribution < -0.4 is 5.32 Å². The standard InChI is InChI=1S/C9H14N2O3/c1-6-5-10-7(13-6)11-8(12)14-9(2,3)4/h5H,1-4H3,(H,10,11,12). The minimum atomic E-state index is -0.570. The van der Waals surface area contributed by atoms with Crippen molar-refractivity contribution in [3.63, 3.8) is 0 Å². The van der Waals surface area contributed by atoms with Gasteiger partial charge in [-0.05, 0) is 27.7 Å². The molecule has 0 saturated carbocycles. The van der Waals surface area contributed by atoms with E-state index in [0.717, 1.165) is 0 Å². The summed E-state index contributed by atoms with van der Waals surface area (Å²) in [5.74, 6) is 0.635. The number of oxazole rings is 1. The Morgan fingerprint density at radius 1 is 1.57 bits per heavy atom. The number of carbonyl (C=O) groups is 1. The molecule has 1 heterocycles. The van der Waals surface area contributed by atoms with Crippen molar-refractivity contribution in [2.45, 2.75) is 33.3 Å². The van der Waals surface area contributed by atoms with Gasteiger partial charge in [0.05, 0.1) is 6.20 Å². The summed E-state index contributed by atoms with van der Waals surface area (Å²) in [6.07, 6.45) is 0.950. The molecule has 0 aromatic carbocycles. The zero-order chi connectivity index (χ0) is 10.8. The van der Waals surface area contributed by atoms with E-state index >= 15 is 0 Å². The van der Waals surface area contributed by atoms with Gasteiger partial charge in [0.25, 0.3) is 0 Å². The Morgan fingerprint density at radius 3 is 2.64 bits per heavy atom. The summed E-state index contributed by atoms with van der Waals surface area (Å²) in [7, 11) is 0. The number of ether oxygens (including phenoxy) is 1. The van der Waals surface area contributed by atoms with Crippen molar-refractivity contribution in [2.75, 3.05) is 5.32 Å². The number of carbonyl (C=O) groups excluding carboxylic acids is 1. The minimum absolute atomic E-state index is 0.150. The molecular formula is C9H14N2O3. The van der Waals surface area contributed by atoms with Crippen molar-refractivity contribution in [3.8, 4) is 0 Å². The molecule has 0 spiro atoms. The van der Waals surface area contributed by atoms with E-state index in [1.807, 2.05) is 0 Å². The van der Waals surface area contributed by atoms with E-state index in [1.165, 1.54) is 6.20 Å². The lowest BCUT2D eigenvalue weighted by molar-refractivity contribution is 0.0632. The van der Waals surface area contributed by atoms with Crippen molar-refractivity contribution in [1.29, 1.82) is 0 Å². The maximum Gasteiger partial charge on any atom is 0.415 e. The van der Waals surface area contributed by atoms with Gasteiger partial charge in [-0.25, -0.2) is 15.1 Å². The average Bonchev–Trinajstić information content (AvgIpc) is 2.30. The number of rotatable bonds is 1. The molecule has 78 valence electrons. The summed E-state index contributed by atoms with van der Waals surface area (Å²) in [6.45, 7) is 7.10. The maximum absolute atomic E-state index is 11.2. The van der Waals surface area contributed by atoms with Crippen LogP contribution in [0.5, 0.6) is 0 Å². The first-order valence-corrected chi connectivity index (χ1v) is 4.29. The van der Waals surface area contributed by atoms with E-state index in [-0.39, 0.29) is 6.01 Å². The van der Waals surface area contributed by atoms with Crippen LogP contribution in [0.25, 0.3) is 0 Å². The fourth-order valence-electron chi connectivity index (χ4n) is 0.803. The van der Waals surface area contributed by atoms with Crippen LogP contribution >= 0.6 is 0 Å². The third-order valence-electron chi connectivity index (χ3n) is 1.23. The van der Waals surface area contributed by atoms with Gasteiger partial charge in [-0.3, -0.25) is 0 Å². The second kappa shape index (κ2) is 3.69. The topological polar surface area (TPSA) is 64.4 Å². The van der Waals surface area contributed by atoms with Gasteiger partial charge in [-0.15, -0.1) is 0 Å². The fraction of sp³-hybridized carbons (Fsp3) is 0.556. The van der Waals surface area contributed by atoms with E-state index < -0.39 is 11.7 Å². The van der Waals surface area contributed by atoms with Gasteiger partial charge in [0.2, 0.25) is 0 Å². The Labute approximate surface area is 82.5 Å². The molecule has 14 heavy (non-hydrogen) atoms. The molecule has 1 N–H and O–H groups in total. The van der Waals surface area contributed by atoms with Crippen LogP contribution in [-0.4, -0.2) is 16.7 Å². The number of aryl methyl sites for hydroxylation is 1. The molecule has 1 aromatic heterocycles. The Kier molecular flexibility index (Phi) is 2.78. The highest BCUT2D eigenvalue weighted by atomic mass is 16.6. The highest BCUT2D eigenvalue weighted by molar-refractivity contribution is 5.82. The normalized spacial score (nSPS) is 11.1. The molecule has 0 fully saturated rings. The maximum atomic E-state index is 11.2. The van der Waals surface area contributed by atoms with Gasteiger partial charge in [-0.1, -0.05) is 0 Å². The number of nitrogens with zero attached hydrogens (tertiary/aromatic N) is 1. The molecule has 0 aliphatic heterocycles. The predicted molar refractivity (Wildman–Crippen MR) is 51.1 cm³/mol.